The van der Waals surface area contributed by atoms with Crippen LogP contribution in [-0.2, 0) is 22.5 Å². The zero-order valence-electron chi connectivity index (χ0n) is 18.6. The van der Waals surface area contributed by atoms with E-state index in [-0.39, 0.29) is 16.7 Å². The molecule has 0 aliphatic carbocycles. The molecule has 0 saturated carbocycles. The van der Waals surface area contributed by atoms with E-state index in [0.717, 1.165) is 18.5 Å². The number of nitrogens with zero attached hydrogens (tertiary/aromatic N) is 3. The van der Waals surface area contributed by atoms with Gasteiger partial charge in [0, 0.05) is 32.0 Å². The molecule has 1 atom stereocenters. The number of rotatable bonds is 8. The molecule has 0 N–H and O–H groups in total. The minimum atomic E-state index is -0.368. The smallest absolute Gasteiger partial charge is 0.262 e. The van der Waals surface area contributed by atoms with E-state index in [1.54, 1.807) is 10.6 Å². The van der Waals surface area contributed by atoms with Crippen LogP contribution >= 0.6 is 11.8 Å². The number of amides is 1. The highest BCUT2D eigenvalue weighted by Gasteiger charge is 2.28. The molecule has 3 aromatic rings. The highest BCUT2D eigenvalue weighted by atomic mass is 32.2. The van der Waals surface area contributed by atoms with Crippen molar-refractivity contribution < 1.29 is 9.53 Å². The van der Waals surface area contributed by atoms with Crippen molar-refractivity contribution in [2.75, 3.05) is 24.7 Å². The van der Waals surface area contributed by atoms with Crippen molar-refractivity contribution in [3.05, 3.63) is 64.4 Å². The van der Waals surface area contributed by atoms with Gasteiger partial charge >= 0.3 is 0 Å². The fourth-order valence-electron chi connectivity index (χ4n) is 4.09. The lowest BCUT2D eigenvalue weighted by Crippen LogP contribution is -2.40. The average Bonchev–Trinajstić information content (AvgIpc) is 2.82. The van der Waals surface area contributed by atoms with E-state index in [4.69, 9.17) is 9.72 Å². The number of carbonyl (C=O) groups is 1. The van der Waals surface area contributed by atoms with Crippen LogP contribution in [0.15, 0.2) is 58.5 Å². The zero-order valence-corrected chi connectivity index (χ0v) is 19.4. The molecule has 32 heavy (non-hydrogen) atoms. The molecule has 2 aromatic carbocycles. The number of ether oxygens (including phenoxy) is 1. The van der Waals surface area contributed by atoms with Gasteiger partial charge in [0.25, 0.3) is 5.56 Å². The third-order valence-electron chi connectivity index (χ3n) is 5.71. The molecule has 0 fully saturated rings. The molecule has 1 amide bonds. The maximum atomic E-state index is 13.4. The lowest BCUT2D eigenvalue weighted by Gasteiger charge is -2.31. The van der Waals surface area contributed by atoms with Gasteiger partial charge < -0.3 is 9.64 Å². The largest absolute Gasteiger partial charge is 0.382 e. The third kappa shape index (κ3) is 4.74. The van der Waals surface area contributed by atoms with Gasteiger partial charge in [-0.2, -0.15) is 0 Å². The van der Waals surface area contributed by atoms with Gasteiger partial charge in [0.05, 0.1) is 16.2 Å². The van der Waals surface area contributed by atoms with Crippen molar-refractivity contribution in [2.24, 2.45) is 0 Å². The van der Waals surface area contributed by atoms with Crippen LogP contribution in [0.4, 0.5) is 5.69 Å². The lowest BCUT2D eigenvalue weighted by molar-refractivity contribution is -0.117. The molecule has 1 aliphatic heterocycles. The molecule has 0 bridgehead atoms. The number of fused-ring (bicyclic) bond motifs is 2. The van der Waals surface area contributed by atoms with Crippen LogP contribution in [0.3, 0.4) is 0 Å². The minimum absolute atomic E-state index is 0.0467. The first-order valence-electron chi connectivity index (χ1n) is 11.2. The molecule has 168 valence electrons. The van der Waals surface area contributed by atoms with Gasteiger partial charge in [-0.05, 0) is 56.9 Å². The second kappa shape index (κ2) is 10.3. The minimum Gasteiger partial charge on any atom is -0.382 e. The van der Waals surface area contributed by atoms with E-state index in [9.17, 15) is 9.59 Å². The number of thioether (sulfide) groups is 1. The van der Waals surface area contributed by atoms with Crippen molar-refractivity contribution in [1.82, 2.24) is 9.55 Å². The summed E-state index contributed by atoms with van der Waals surface area (Å²) < 4.78 is 7.15. The van der Waals surface area contributed by atoms with Gasteiger partial charge in [0.15, 0.2) is 5.16 Å². The highest BCUT2D eigenvalue weighted by Crippen LogP contribution is 2.30. The lowest BCUT2D eigenvalue weighted by atomic mass is 10.0. The average molecular weight is 452 g/mol. The van der Waals surface area contributed by atoms with Crippen LogP contribution in [-0.4, -0.2) is 40.5 Å². The van der Waals surface area contributed by atoms with E-state index in [0.29, 0.717) is 48.8 Å². The number of hydrogen-bond donors (Lipinski definition) is 0. The highest BCUT2D eigenvalue weighted by molar-refractivity contribution is 8.00. The fourth-order valence-corrected chi connectivity index (χ4v) is 5.09. The molecule has 1 aliphatic rings. The van der Waals surface area contributed by atoms with Crippen LogP contribution < -0.4 is 10.5 Å². The Morgan fingerprint density at radius 2 is 1.97 bits per heavy atom. The number of para-hydroxylation sites is 2. The zero-order chi connectivity index (χ0) is 22.5. The fraction of sp³-hybridized carbons (Fsp3) is 0.400. The maximum absolute atomic E-state index is 13.4. The summed E-state index contributed by atoms with van der Waals surface area (Å²) in [5, 5.41) is 0.806. The second-order valence-electron chi connectivity index (χ2n) is 7.90. The van der Waals surface area contributed by atoms with Crippen molar-refractivity contribution in [1.29, 1.82) is 0 Å². The quantitative estimate of drug-likeness (QED) is 0.291. The van der Waals surface area contributed by atoms with Crippen LogP contribution in [0.25, 0.3) is 10.9 Å². The van der Waals surface area contributed by atoms with E-state index in [1.165, 1.54) is 17.3 Å². The Balaban J connectivity index is 1.61. The van der Waals surface area contributed by atoms with Gasteiger partial charge in [-0.1, -0.05) is 42.1 Å². The molecule has 1 aromatic heterocycles. The van der Waals surface area contributed by atoms with E-state index >= 15 is 0 Å². The molecule has 0 unspecified atom stereocenters. The predicted molar refractivity (Wildman–Crippen MR) is 130 cm³/mol. The second-order valence-corrected chi connectivity index (χ2v) is 9.21. The summed E-state index contributed by atoms with van der Waals surface area (Å²) in [7, 11) is 0. The normalized spacial score (nSPS) is 14.4. The van der Waals surface area contributed by atoms with E-state index < -0.39 is 0 Å². The number of hydrogen-bond acceptors (Lipinski definition) is 5. The Hall–Kier alpha value is -2.64. The Bertz CT molecular complexity index is 1160. The first-order chi connectivity index (χ1) is 15.6. The van der Waals surface area contributed by atoms with Crippen molar-refractivity contribution >= 4 is 34.3 Å². The van der Waals surface area contributed by atoms with Crippen molar-refractivity contribution in [3.8, 4) is 0 Å². The van der Waals surface area contributed by atoms with Gasteiger partial charge in [-0.25, -0.2) is 4.98 Å². The van der Waals surface area contributed by atoms with Gasteiger partial charge in [-0.3, -0.25) is 14.2 Å². The molecule has 0 radical (unpaired) electrons. The van der Waals surface area contributed by atoms with E-state index in [1.807, 2.05) is 55.1 Å². The van der Waals surface area contributed by atoms with Crippen LogP contribution in [0.1, 0.15) is 32.3 Å². The van der Waals surface area contributed by atoms with E-state index in [2.05, 4.69) is 6.07 Å². The van der Waals surface area contributed by atoms with Crippen LogP contribution in [0.2, 0.25) is 0 Å². The summed E-state index contributed by atoms with van der Waals surface area (Å²) in [5.41, 5.74) is 2.79. The van der Waals surface area contributed by atoms with Gasteiger partial charge in [0.1, 0.15) is 0 Å². The maximum Gasteiger partial charge on any atom is 0.262 e. The van der Waals surface area contributed by atoms with Crippen molar-refractivity contribution in [2.45, 2.75) is 50.1 Å². The SMILES string of the molecule is CCOCCCn1c(S[C@H](C)C(=O)N2CCCc3ccccc32)nc2ccccc2c1=O. The van der Waals surface area contributed by atoms with Crippen molar-refractivity contribution in [3.63, 3.8) is 0 Å². The predicted octanol–water partition coefficient (Wildman–Crippen LogP) is 4.28. The van der Waals surface area contributed by atoms with Crippen LogP contribution in [0.5, 0.6) is 0 Å². The summed E-state index contributed by atoms with van der Waals surface area (Å²) in [6.45, 7) is 6.31. The Morgan fingerprint density at radius 3 is 2.81 bits per heavy atom. The standard InChI is InChI=1S/C25H29N3O3S/c1-3-31-17-9-16-28-24(30)20-12-5-6-13-21(20)26-25(28)32-18(2)23(29)27-15-8-11-19-10-4-7-14-22(19)27/h4-7,10,12-14,18H,3,8-9,11,15-17H2,1-2H3/t18-/m1/s1. The Kier molecular flexibility index (Phi) is 7.27. The molecular weight excluding hydrogens is 422 g/mol. The number of benzene rings is 2. The molecule has 4 rings (SSSR count). The molecule has 6 nitrogen and oxygen atoms in total. The number of anilines is 1. The number of aryl methyl sites for hydroxylation is 1. The summed E-state index contributed by atoms with van der Waals surface area (Å²) >= 11 is 1.36. The first kappa shape index (κ1) is 22.6. The summed E-state index contributed by atoms with van der Waals surface area (Å²) in [5.74, 6) is 0.0467. The summed E-state index contributed by atoms with van der Waals surface area (Å²) in [6, 6.07) is 15.5. The molecule has 0 saturated heterocycles. The number of aromatic nitrogens is 2. The monoisotopic (exact) mass is 451 g/mol. The number of carbonyl (C=O) groups excluding carboxylic acids is 1. The Morgan fingerprint density at radius 1 is 1.19 bits per heavy atom. The summed E-state index contributed by atoms with van der Waals surface area (Å²) in [6.07, 6.45) is 2.66. The molecule has 7 heteroatoms. The molecule has 0 spiro atoms. The van der Waals surface area contributed by atoms with Gasteiger partial charge in [-0.15, -0.1) is 0 Å². The first-order valence-corrected chi connectivity index (χ1v) is 12.1. The summed E-state index contributed by atoms with van der Waals surface area (Å²) in [4.78, 5) is 33.2. The van der Waals surface area contributed by atoms with Crippen LogP contribution in [0, 0.1) is 0 Å². The third-order valence-corrected chi connectivity index (χ3v) is 6.79. The van der Waals surface area contributed by atoms with Gasteiger partial charge in [0.2, 0.25) is 5.91 Å². The molecular formula is C25H29N3O3S. The molecule has 2 heterocycles. The Labute approximate surface area is 192 Å². The topological polar surface area (TPSA) is 64.4 Å².